The number of ether oxygens (including phenoxy) is 2. The molecule has 7 nitrogen and oxygen atoms in total. The Kier molecular flexibility index (Phi) is 4.97. The van der Waals surface area contributed by atoms with E-state index in [0.717, 1.165) is 30.5 Å². The molecule has 0 unspecified atom stereocenters. The number of hydrogen-bond acceptors (Lipinski definition) is 6. The molecule has 0 saturated carbocycles. The normalized spacial score (nSPS) is 12.7. The highest BCUT2D eigenvalue weighted by Gasteiger charge is 2.28. The van der Waals surface area contributed by atoms with E-state index in [4.69, 9.17) is 13.9 Å². The zero-order valence-corrected chi connectivity index (χ0v) is 17.3. The second-order valence-electron chi connectivity index (χ2n) is 7.54. The summed E-state index contributed by atoms with van der Waals surface area (Å²) in [5.74, 6) is -0.357. The third-order valence-corrected chi connectivity index (χ3v) is 5.59. The molecule has 0 radical (unpaired) electrons. The van der Waals surface area contributed by atoms with Crippen LogP contribution >= 0.6 is 0 Å². The molecule has 2 aromatic carbocycles. The Morgan fingerprint density at radius 3 is 2.75 bits per heavy atom. The van der Waals surface area contributed by atoms with Crippen LogP contribution in [-0.4, -0.2) is 22.9 Å². The van der Waals surface area contributed by atoms with E-state index in [9.17, 15) is 14.0 Å². The third-order valence-electron chi connectivity index (χ3n) is 5.59. The van der Waals surface area contributed by atoms with Gasteiger partial charge in [0.2, 0.25) is 0 Å². The van der Waals surface area contributed by atoms with Gasteiger partial charge in [0.25, 0.3) is 0 Å². The smallest absolute Gasteiger partial charge is 0.359 e. The second-order valence-corrected chi connectivity index (χ2v) is 7.54. The van der Waals surface area contributed by atoms with Crippen molar-refractivity contribution in [3.05, 3.63) is 87.3 Å². The van der Waals surface area contributed by atoms with Gasteiger partial charge in [0.05, 0.1) is 12.8 Å². The standard InChI is InChI=1S/C24H19FN2O5/c1-30-17-9-10-18-14(11-22(28)32-21(18)12-17)13-31-24(29)23-19-3-2-4-20(19)27(26-23)16-7-5-15(25)6-8-16/h5-12H,2-4,13H2,1H3. The summed E-state index contributed by atoms with van der Waals surface area (Å²) in [4.78, 5) is 24.9. The molecule has 0 fully saturated rings. The number of halogens is 1. The van der Waals surface area contributed by atoms with Gasteiger partial charge in [0.15, 0.2) is 5.69 Å². The van der Waals surface area contributed by atoms with Crippen molar-refractivity contribution in [1.82, 2.24) is 9.78 Å². The SMILES string of the molecule is COc1ccc2c(COC(=O)c3nn(-c4ccc(F)cc4)c4c3CCC4)cc(=O)oc2c1. The molecule has 162 valence electrons. The zero-order chi connectivity index (χ0) is 22.2. The average Bonchev–Trinajstić information content (AvgIpc) is 3.40. The molecule has 0 atom stereocenters. The molecule has 2 heterocycles. The van der Waals surface area contributed by atoms with E-state index in [1.165, 1.54) is 25.3 Å². The topological polar surface area (TPSA) is 83.6 Å². The minimum atomic E-state index is -0.570. The first-order valence-corrected chi connectivity index (χ1v) is 10.2. The molecule has 0 aliphatic heterocycles. The molecule has 0 spiro atoms. The van der Waals surface area contributed by atoms with E-state index in [-0.39, 0.29) is 18.1 Å². The summed E-state index contributed by atoms with van der Waals surface area (Å²) in [6, 6.07) is 12.4. The third kappa shape index (κ3) is 3.53. The number of aromatic nitrogens is 2. The van der Waals surface area contributed by atoms with Gasteiger partial charge in [0, 0.05) is 34.3 Å². The summed E-state index contributed by atoms with van der Waals surface area (Å²) in [5, 5.41) is 5.12. The fourth-order valence-corrected chi connectivity index (χ4v) is 4.07. The van der Waals surface area contributed by atoms with Gasteiger partial charge >= 0.3 is 11.6 Å². The summed E-state index contributed by atoms with van der Waals surface area (Å²) >= 11 is 0. The summed E-state index contributed by atoms with van der Waals surface area (Å²) < 4.78 is 30.9. The molecular weight excluding hydrogens is 415 g/mol. The Morgan fingerprint density at radius 1 is 1.16 bits per heavy atom. The molecule has 1 aliphatic carbocycles. The van der Waals surface area contributed by atoms with Crippen molar-refractivity contribution in [2.45, 2.75) is 25.9 Å². The van der Waals surface area contributed by atoms with Crippen molar-refractivity contribution in [3.63, 3.8) is 0 Å². The minimum Gasteiger partial charge on any atom is -0.497 e. The highest BCUT2D eigenvalue weighted by atomic mass is 19.1. The Hall–Kier alpha value is -3.94. The Balaban J connectivity index is 1.44. The van der Waals surface area contributed by atoms with Gasteiger partial charge in [-0.3, -0.25) is 0 Å². The van der Waals surface area contributed by atoms with E-state index in [2.05, 4.69) is 5.10 Å². The number of esters is 1. The van der Waals surface area contributed by atoms with Gasteiger partial charge in [-0.2, -0.15) is 5.10 Å². The summed E-state index contributed by atoms with van der Waals surface area (Å²) in [7, 11) is 1.52. The number of carbonyl (C=O) groups excluding carboxylic acids is 1. The first-order valence-electron chi connectivity index (χ1n) is 10.2. The molecule has 1 aliphatic rings. The van der Waals surface area contributed by atoms with Gasteiger partial charge < -0.3 is 13.9 Å². The Morgan fingerprint density at radius 2 is 1.97 bits per heavy atom. The summed E-state index contributed by atoms with van der Waals surface area (Å²) in [6.07, 6.45) is 2.40. The van der Waals surface area contributed by atoms with Crippen LogP contribution in [0.3, 0.4) is 0 Å². The molecule has 0 saturated heterocycles. The summed E-state index contributed by atoms with van der Waals surface area (Å²) in [6.45, 7) is -0.106. The highest BCUT2D eigenvalue weighted by molar-refractivity contribution is 5.90. The van der Waals surface area contributed by atoms with E-state index in [0.29, 0.717) is 28.0 Å². The van der Waals surface area contributed by atoms with Crippen LogP contribution in [0.4, 0.5) is 4.39 Å². The first kappa shape index (κ1) is 20.0. The average molecular weight is 434 g/mol. The maximum atomic E-state index is 13.3. The molecular formula is C24H19FN2O5. The highest BCUT2D eigenvalue weighted by Crippen LogP contribution is 2.29. The van der Waals surface area contributed by atoms with E-state index in [1.54, 1.807) is 35.0 Å². The van der Waals surface area contributed by atoms with Gasteiger partial charge in [-0.15, -0.1) is 0 Å². The molecule has 4 aromatic rings. The molecule has 0 bridgehead atoms. The van der Waals surface area contributed by atoms with Gasteiger partial charge in [-0.25, -0.2) is 18.7 Å². The fourth-order valence-electron chi connectivity index (χ4n) is 4.07. The zero-order valence-electron chi connectivity index (χ0n) is 17.3. The largest absolute Gasteiger partial charge is 0.497 e. The monoisotopic (exact) mass is 434 g/mol. The lowest BCUT2D eigenvalue weighted by atomic mass is 10.1. The van der Waals surface area contributed by atoms with Gasteiger partial charge in [0.1, 0.15) is 23.8 Å². The van der Waals surface area contributed by atoms with Gasteiger partial charge in [-0.1, -0.05) is 0 Å². The Bertz CT molecular complexity index is 1390. The predicted octanol–water partition coefficient (Wildman–Crippen LogP) is 3.97. The van der Waals surface area contributed by atoms with Crippen LogP contribution in [0.1, 0.15) is 33.7 Å². The molecule has 2 aromatic heterocycles. The number of benzene rings is 2. The van der Waals surface area contributed by atoms with Crippen LogP contribution in [0.15, 0.2) is 57.7 Å². The molecule has 32 heavy (non-hydrogen) atoms. The maximum absolute atomic E-state index is 13.3. The van der Waals surface area contributed by atoms with Crippen molar-refractivity contribution in [2.75, 3.05) is 7.11 Å². The lowest BCUT2D eigenvalue weighted by Crippen LogP contribution is -2.11. The molecule has 8 heteroatoms. The van der Waals surface area contributed by atoms with E-state index >= 15 is 0 Å². The lowest BCUT2D eigenvalue weighted by molar-refractivity contribution is 0.0465. The lowest BCUT2D eigenvalue weighted by Gasteiger charge is -2.08. The number of carbonyl (C=O) groups is 1. The number of fused-ring (bicyclic) bond motifs is 2. The molecule has 0 N–H and O–H groups in total. The fraction of sp³-hybridized carbons (Fsp3) is 0.208. The van der Waals surface area contributed by atoms with Crippen LogP contribution in [0.25, 0.3) is 16.7 Å². The number of nitrogens with zero attached hydrogens (tertiary/aromatic N) is 2. The van der Waals surface area contributed by atoms with Crippen LogP contribution in [0.5, 0.6) is 5.75 Å². The molecule has 0 amide bonds. The number of rotatable bonds is 5. The number of methoxy groups -OCH3 is 1. The van der Waals surface area contributed by atoms with Crippen molar-refractivity contribution in [1.29, 1.82) is 0 Å². The predicted molar refractivity (Wildman–Crippen MR) is 114 cm³/mol. The molecule has 5 rings (SSSR count). The minimum absolute atomic E-state index is 0.106. The maximum Gasteiger partial charge on any atom is 0.359 e. The van der Waals surface area contributed by atoms with Crippen LogP contribution in [-0.2, 0) is 24.2 Å². The van der Waals surface area contributed by atoms with Crippen molar-refractivity contribution < 1.29 is 23.1 Å². The Labute approximate surface area is 182 Å². The van der Waals surface area contributed by atoms with Gasteiger partial charge in [-0.05, 0) is 55.7 Å². The quantitative estimate of drug-likeness (QED) is 0.349. The van der Waals surface area contributed by atoms with Crippen LogP contribution < -0.4 is 10.4 Å². The van der Waals surface area contributed by atoms with Crippen molar-refractivity contribution >= 4 is 16.9 Å². The van der Waals surface area contributed by atoms with Crippen molar-refractivity contribution in [3.8, 4) is 11.4 Å². The second kappa shape index (κ2) is 7.96. The van der Waals surface area contributed by atoms with Crippen molar-refractivity contribution in [2.24, 2.45) is 0 Å². The number of hydrogen-bond donors (Lipinski definition) is 0. The van der Waals surface area contributed by atoms with Crippen LogP contribution in [0, 0.1) is 5.82 Å². The van der Waals surface area contributed by atoms with E-state index < -0.39 is 11.6 Å². The van der Waals surface area contributed by atoms with Crippen LogP contribution in [0.2, 0.25) is 0 Å². The first-order chi connectivity index (χ1) is 15.5. The summed E-state index contributed by atoms with van der Waals surface area (Å²) in [5.41, 5.74) is 3.05. The van der Waals surface area contributed by atoms with E-state index in [1.807, 2.05) is 0 Å².